The Morgan fingerprint density at radius 3 is 0.943 bits per heavy atom. The number of aryl methyl sites for hydroxylation is 5. The molecule has 0 fully saturated rings. The predicted octanol–water partition coefficient (Wildman–Crippen LogP) is 12.1. The average Bonchev–Trinajstić information content (AvgIpc) is 3.15. The fourth-order valence-corrected chi connectivity index (χ4v) is 9.38. The third-order valence-electron chi connectivity index (χ3n) is 9.59. The lowest BCUT2D eigenvalue weighted by atomic mass is 9.95. The first-order chi connectivity index (χ1) is 25.7. The third-order valence-corrected chi connectivity index (χ3v) is 12.6. The van der Waals surface area contributed by atoms with Crippen LogP contribution in [0.25, 0.3) is 11.1 Å². The van der Waals surface area contributed by atoms with Crippen LogP contribution < -0.4 is 15.0 Å². The van der Waals surface area contributed by atoms with Crippen LogP contribution in [0, 0.1) is 34.6 Å². The molecule has 0 bridgehead atoms. The van der Waals surface area contributed by atoms with Crippen molar-refractivity contribution in [2.24, 2.45) is 0 Å². The highest BCUT2D eigenvalue weighted by atomic mass is 28.4. The molecule has 6 aromatic rings. The summed E-state index contributed by atoms with van der Waals surface area (Å²) in [5, 5.41) is 0.962. The number of rotatable bonds is 14. The van der Waals surface area contributed by atoms with E-state index in [1.165, 1.54) is 38.9 Å². The van der Waals surface area contributed by atoms with Crippen molar-refractivity contribution in [1.82, 2.24) is 0 Å². The van der Waals surface area contributed by atoms with E-state index < -0.39 is 8.80 Å². The Labute approximate surface area is 317 Å². The van der Waals surface area contributed by atoms with E-state index in [4.69, 9.17) is 13.3 Å². The maximum absolute atomic E-state index is 6.21. The normalized spacial score (nSPS) is 11.5. The Hall–Kier alpha value is -4.98. The highest BCUT2D eigenvalue weighted by Crippen LogP contribution is 2.40. The first kappa shape index (κ1) is 37.8. The lowest BCUT2D eigenvalue weighted by Gasteiger charge is -2.30. The molecule has 6 aromatic carbocycles. The molecule has 5 nitrogen and oxygen atoms in total. The molecular weight excluding hydrogens is 669 g/mol. The molecule has 0 radical (unpaired) electrons. The zero-order valence-electron chi connectivity index (χ0n) is 32.4. The van der Waals surface area contributed by atoms with Crippen molar-refractivity contribution >= 4 is 48.1 Å². The van der Waals surface area contributed by atoms with Crippen molar-refractivity contribution in [1.29, 1.82) is 0 Å². The predicted molar refractivity (Wildman–Crippen MR) is 225 cm³/mol. The second kappa shape index (κ2) is 16.8. The minimum absolute atomic E-state index is 0.523. The van der Waals surface area contributed by atoms with E-state index in [-0.39, 0.29) is 0 Å². The quantitative estimate of drug-likeness (QED) is 0.105. The summed E-state index contributed by atoms with van der Waals surface area (Å²) >= 11 is 0. The number of hydrogen-bond acceptors (Lipinski definition) is 5. The average molecular weight is 721 g/mol. The van der Waals surface area contributed by atoms with E-state index in [1.54, 1.807) is 0 Å². The van der Waals surface area contributed by atoms with Crippen LogP contribution in [0.3, 0.4) is 0 Å². The fourth-order valence-electron chi connectivity index (χ4n) is 6.91. The number of benzene rings is 6. The SMILES string of the molecule is CCO[Si](OCC)(OCC)c1ccc(N(c2ccc(C)cc2)c2ccc(-c3ccc(N(c4ccc(C)cc4)c4ccc(C)cc4)cc3C)c(C)c2)cc1. The fraction of sp³-hybridized carbons (Fsp3) is 0.234. The molecule has 0 aromatic heterocycles. The lowest BCUT2D eigenvalue weighted by Crippen LogP contribution is -2.56. The van der Waals surface area contributed by atoms with E-state index in [0.29, 0.717) is 19.8 Å². The molecule has 0 N–H and O–H groups in total. The second-order valence-corrected chi connectivity index (χ2v) is 16.1. The lowest BCUT2D eigenvalue weighted by molar-refractivity contribution is 0.0859. The maximum Gasteiger partial charge on any atom is 0.537 e. The van der Waals surface area contributed by atoms with Crippen LogP contribution in [0.5, 0.6) is 0 Å². The monoisotopic (exact) mass is 720 g/mol. The molecule has 0 atom stereocenters. The molecule has 0 aliphatic carbocycles. The molecule has 0 spiro atoms. The molecule has 6 heteroatoms. The van der Waals surface area contributed by atoms with Crippen molar-refractivity contribution in [2.75, 3.05) is 29.6 Å². The van der Waals surface area contributed by atoms with Gasteiger partial charge in [0.1, 0.15) is 0 Å². The summed E-state index contributed by atoms with van der Waals surface area (Å²) in [6.07, 6.45) is 0. The van der Waals surface area contributed by atoms with Crippen LogP contribution in [-0.4, -0.2) is 28.6 Å². The van der Waals surface area contributed by atoms with Crippen LogP contribution >= 0.6 is 0 Å². The molecule has 0 unspecified atom stereocenters. The van der Waals surface area contributed by atoms with Crippen LogP contribution in [0.2, 0.25) is 0 Å². The second-order valence-electron chi connectivity index (χ2n) is 13.6. The first-order valence-corrected chi connectivity index (χ1v) is 20.4. The van der Waals surface area contributed by atoms with Gasteiger partial charge in [0.05, 0.1) is 0 Å². The van der Waals surface area contributed by atoms with Gasteiger partial charge in [-0.3, -0.25) is 0 Å². The summed E-state index contributed by atoms with van der Waals surface area (Å²) in [6, 6.07) is 48.3. The van der Waals surface area contributed by atoms with Gasteiger partial charge in [0.15, 0.2) is 0 Å². The highest BCUT2D eigenvalue weighted by molar-refractivity contribution is 6.75. The molecule has 0 saturated heterocycles. The zero-order valence-corrected chi connectivity index (χ0v) is 33.4. The Bertz CT molecular complexity index is 2050. The molecule has 0 saturated carbocycles. The van der Waals surface area contributed by atoms with E-state index in [9.17, 15) is 0 Å². The molecule has 0 aliphatic heterocycles. The molecule has 0 aliphatic rings. The van der Waals surface area contributed by atoms with Gasteiger partial charge in [0, 0.05) is 59.1 Å². The summed E-state index contributed by atoms with van der Waals surface area (Å²) in [4.78, 5) is 4.64. The van der Waals surface area contributed by atoms with E-state index in [0.717, 1.165) is 39.3 Å². The van der Waals surface area contributed by atoms with Crippen LogP contribution in [0.4, 0.5) is 34.1 Å². The van der Waals surface area contributed by atoms with Gasteiger partial charge >= 0.3 is 8.80 Å². The van der Waals surface area contributed by atoms with E-state index in [1.807, 2.05) is 20.8 Å². The van der Waals surface area contributed by atoms with Crippen LogP contribution in [0.15, 0.2) is 133 Å². The Balaban J connectivity index is 1.37. The third kappa shape index (κ3) is 8.32. The van der Waals surface area contributed by atoms with Crippen LogP contribution in [-0.2, 0) is 13.3 Å². The van der Waals surface area contributed by atoms with Gasteiger partial charge in [0.2, 0.25) is 0 Å². The molecular formula is C47H52N2O3Si. The highest BCUT2D eigenvalue weighted by Gasteiger charge is 2.43. The van der Waals surface area contributed by atoms with Crippen molar-refractivity contribution in [3.8, 4) is 11.1 Å². The van der Waals surface area contributed by atoms with Crippen molar-refractivity contribution in [2.45, 2.75) is 55.4 Å². The topological polar surface area (TPSA) is 34.2 Å². The summed E-state index contributed by atoms with van der Waals surface area (Å²) in [5.41, 5.74) is 15.2. The minimum atomic E-state index is -3.03. The Kier molecular flexibility index (Phi) is 12.0. The van der Waals surface area contributed by atoms with Gasteiger partial charge in [-0.15, -0.1) is 0 Å². The molecule has 272 valence electrons. The molecule has 0 amide bonds. The largest absolute Gasteiger partial charge is 0.537 e. The van der Waals surface area contributed by atoms with Gasteiger partial charge in [0.25, 0.3) is 0 Å². The zero-order chi connectivity index (χ0) is 37.5. The summed E-state index contributed by atoms with van der Waals surface area (Å²) in [5.74, 6) is 0. The van der Waals surface area contributed by atoms with Gasteiger partial charge in [-0.2, -0.15) is 0 Å². The summed E-state index contributed by atoms with van der Waals surface area (Å²) in [6.45, 7) is 18.3. The Morgan fingerprint density at radius 1 is 0.377 bits per heavy atom. The van der Waals surface area contributed by atoms with E-state index >= 15 is 0 Å². The van der Waals surface area contributed by atoms with E-state index in [2.05, 4.69) is 178 Å². The summed E-state index contributed by atoms with van der Waals surface area (Å²) in [7, 11) is -3.03. The number of nitrogens with zero attached hydrogens (tertiary/aromatic N) is 2. The molecule has 6 rings (SSSR count). The summed E-state index contributed by atoms with van der Waals surface area (Å²) < 4.78 is 18.6. The van der Waals surface area contributed by atoms with Crippen molar-refractivity contribution < 1.29 is 13.3 Å². The van der Waals surface area contributed by atoms with Crippen molar-refractivity contribution in [3.05, 3.63) is 161 Å². The minimum Gasteiger partial charge on any atom is -0.370 e. The number of hydrogen-bond donors (Lipinski definition) is 0. The molecule has 53 heavy (non-hydrogen) atoms. The smallest absolute Gasteiger partial charge is 0.370 e. The van der Waals surface area contributed by atoms with Gasteiger partial charge in [-0.05, 0) is 150 Å². The first-order valence-electron chi connectivity index (χ1n) is 18.7. The van der Waals surface area contributed by atoms with Gasteiger partial charge < -0.3 is 23.1 Å². The van der Waals surface area contributed by atoms with Crippen LogP contribution in [0.1, 0.15) is 48.6 Å². The van der Waals surface area contributed by atoms with Crippen molar-refractivity contribution in [3.63, 3.8) is 0 Å². The molecule has 0 heterocycles. The maximum atomic E-state index is 6.21. The number of anilines is 6. The Morgan fingerprint density at radius 2 is 0.660 bits per heavy atom. The van der Waals surface area contributed by atoms with Gasteiger partial charge in [-0.25, -0.2) is 0 Å². The van der Waals surface area contributed by atoms with Gasteiger partial charge in [-0.1, -0.05) is 77.4 Å². The standard InChI is InChI=1S/C47H52N2O3Si/c1-9-50-53(51-10-2,52-11-3)45-28-24-42(25-29-45)49(41-22-16-36(6)17-23-41)44-27-31-47(38(8)33-44)46-30-26-43(32-37(46)7)48(39-18-12-34(4)13-19-39)40-20-14-35(5)15-21-40/h12-33H,9-11H2,1-8H3.